The van der Waals surface area contributed by atoms with E-state index in [0.29, 0.717) is 18.6 Å². The van der Waals surface area contributed by atoms with E-state index < -0.39 is 0 Å². The lowest BCUT2D eigenvalue weighted by atomic mass is 10.1. The second-order valence-electron chi connectivity index (χ2n) is 3.08. The number of nitrogens with one attached hydrogen (secondary N) is 1. The van der Waals surface area contributed by atoms with Gasteiger partial charge in [-0.15, -0.1) is 0 Å². The summed E-state index contributed by atoms with van der Waals surface area (Å²) in [7, 11) is 0. The van der Waals surface area contributed by atoms with Crippen molar-refractivity contribution in [2.45, 2.75) is 19.8 Å². The van der Waals surface area contributed by atoms with Gasteiger partial charge in [-0.1, -0.05) is 0 Å². The Balaban J connectivity index is 2.58. The highest BCUT2D eigenvalue weighted by Gasteiger charge is 1.99. The zero-order chi connectivity index (χ0) is 9.68. The highest BCUT2D eigenvalue weighted by molar-refractivity contribution is 5.83. The third kappa shape index (κ3) is 3.34. The average Bonchev–Trinajstić information content (AvgIpc) is 2.04. The molecule has 1 rings (SSSR count). The molecule has 0 fully saturated rings. The summed E-state index contributed by atoms with van der Waals surface area (Å²) in [6.07, 6.45) is 2.73. The van der Waals surface area contributed by atoms with Crippen LogP contribution in [0.2, 0.25) is 0 Å². The van der Waals surface area contributed by atoms with E-state index in [-0.39, 0.29) is 6.61 Å². The van der Waals surface area contributed by atoms with Gasteiger partial charge in [0.15, 0.2) is 0 Å². The standard InChI is InChI=1S/C10H14N2O/c1-8-2-4-12-10(6-8)7-9(11)3-5-13/h2,4,6,11,13H,3,5,7H2,1H3. The molecule has 0 aliphatic heterocycles. The minimum Gasteiger partial charge on any atom is -0.396 e. The van der Waals surface area contributed by atoms with Crippen LogP contribution in [0.5, 0.6) is 0 Å². The van der Waals surface area contributed by atoms with Gasteiger partial charge in [0, 0.05) is 37.1 Å². The molecule has 3 heteroatoms. The summed E-state index contributed by atoms with van der Waals surface area (Å²) in [4.78, 5) is 4.14. The van der Waals surface area contributed by atoms with Gasteiger partial charge in [0.25, 0.3) is 0 Å². The van der Waals surface area contributed by atoms with E-state index in [0.717, 1.165) is 11.3 Å². The summed E-state index contributed by atoms with van der Waals surface area (Å²) in [5, 5.41) is 16.1. The second-order valence-corrected chi connectivity index (χ2v) is 3.08. The Morgan fingerprint density at radius 3 is 3.00 bits per heavy atom. The molecule has 0 saturated heterocycles. The first-order valence-electron chi connectivity index (χ1n) is 4.31. The van der Waals surface area contributed by atoms with Crippen LogP contribution in [0.4, 0.5) is 0 Å². The first-order chi connectivity index (χ1) is 6.22. The van der Waals surface area contributed by atoms with Crippen molar-refractivity contribution in [3.05, 3.63) is 29.6 Å². The van der Waals surface area contributed by atoms with E-state index >= 15 is 0 Å². The molecule has 3 nitrogen and oxygen atoms in total. The number of rotatable bonds is 4. The molecule has 0 unspecified atom stereocenters. The summed E-state index contributed by atoms with van der Waals surface area (Å²) in [6.45, 7) is 2.05. The molecule has 0 aliphatic carbocycles. The lowest BCUT2D eigenvalue weighted by Crippen LogP contribution is -2.05. The Morgan fingerprint density at radius 1 is 1.62 bits per heavy atom. The smallest absolute Gasteiger partial charge is 0.0483 e. The van der Waals surface area contributed by atoms with Gasteiger partial charge in [-0.25, -0.2) is 0 Å². The van der Waals surface area contributed by atoms with Gasteiger partial charge >= 0.3 is 0 Å². The maximum atomic E-state index is 8.61. The zero-order valence-electron chi connectivity index (χ0n) is 7.75. The lowest BCUT2D eigenvalue weighted by molar-refractivity contribution is 0.306. The van der Waals surface area contributed by atoms with E-state index in [1.165, 1.54) is 0 Å². The number of aromatic nitrogens is 1. The van der Waals surface area contributed by atoms with Crippen LogP contribution < -0.4 is 0 Å². The fourth-order valence-electron chi connectivity index (χ4n) is 1.14. The van der Waals surface area contributed by atoms with E-state index in [1.54, 1.807) is 6.20 Å². The van der Waals surface area contributed by atoms with E-state index in [9.17, 15) is 0 Å². The van der Waals surface area contributed by atoms with Crippen LogP contribution in [-0.2, 0) is 6.42 Å². The lowest BCUT2D eigenvalue weighted by Gasteiger charge is -2.01. The summed E-state index contributed by atoms with van der Waals surface area (Å²) in [5.41, 5.74) is 2.58. The molecule has 0 aromatic carbocycles. The van der Waals surface area contributed by atoms with Gasteiger partial charge in [0.2, 0.25) is 0 Å². The molecule has 0 amide bonds. The van der Waals surface area contributed by atoms with Crippen molar-refractivity contribution >= 4 is 5.71 Å². The summed E-state index contributed by atoms with van der Waals surface area (Å²) >= 11 is 0. The van der Waals surface area contributed by atoms with Crippen LogP contribution in [0, 0.1) is 12.3 Å². The molecule has 2 N–H and O–H groups in total. The molecule has 0 bridgehead atoms. The van der Waals surface area contributed by atoms with Gasteiger partial charge in [-0.05, 0) is 24.6 Å². The maximum Gasteiger partial charge on any atom is 0.0483 e. The SMILES string of the molecule is Cc1ccnc(CC(=N)CCO)c1. The van der Waals surface area contributed by atoms with Crippen LogP contribution in [0.3, 0.4) is 0 Å². The Morgan fingerprint density at radius 2 is 2.38 bits per heavy atom. The molecule has 0 spiro atoms. The van der Waals surface area contributed by atoms with E-state index in [1.807, 2.05) is 19.1 Å². The Kier molecular flexibility index (Phi) is 3.58. The van der Waals surface area contributed by atoms with Crippen molar-refractivity contribution in [3.8, 4) is 0 Å². The van der Waals surface area contributed by atoms with Crippen LogP contribution in [0.25, 0.3) is 0 Å². The van der Waals surface area contributed by atoms with Crippen molar-refractivity contribution in [1.29, 1.82) is 5.41 Å². The number of nitrogens with zero attached hydrogens (tertiary/aromatic N) is 1. The predicted molar refractivity (Wildman–Crippen MR) is 52.1 cm³/mol. The number of hydrogen-bond donors (Lipinski definition) is 2. The van der Waals surface area contributed by atoms with Crippen molar-refractivity contribution < 1.29 is 5.11 Å². The molecule has 1 heterocycles. The van der Waals surface area contributed by atoms with Gasteiger partial charge in [0.1, 0.15) is 0 Å². The monoisotopic (exact) mass is 178 g/mol. The molecule has 1 aromatic rings. The minimum absolute atomic E-state index is 0.0463. The van der Waals surface area contributed by atoms with Crippen molar-refractivity contribution in [2.24, 2.45) is 0 Å². The molecule has 0 radical (unpaired) electrons. The number of aliphatic hydroxyl groups is 1. The summed E-state index contributed by atoms with van der Waals surface area (Å²) in [5.74, 6) is 0. The fourth-order valence-corrected chi connectivity index (χ4v) is 1.14. The topological polar surface area (TPSA) is 57.0 Å². The highest BCUT2D eigenvalue weighted by Crippen LogP contribution is 2.02. The Bertz CT molecular complexity index is 297. The van der Waals surface area contributed by atoms with Crippen molar-refractivity contribution in [3.63, 3.8) is 0 Å². The average molecular weight is 178 g/mol. The van der Waals surface area contributed by atoms with Crippen molar-refractivity contribution in [2.75, 3.05) is 6.61 Å². The Hall–Kier alpha value is -1.22. The third-order valence-corrected chi connectivity index (χ3v) is 1.78. The Labute approximate surface area is 78.0 Å². The number of aryl methyl sites for hydroxylation is 1. The predicted octanol–water partition coefficient (Wildman–Crippen LogP) is 1.33. The van der Waals surface area contributed by atoms with Crippen molar-refractivity contribution in [1.82, 2.24) is 4.98 Å². The zero-order valence-corrected chi connectivity index (χ0v) is 7.75. The normalized spacial score (nSPS) is 10.0. The highest BCUT2D eigenvalue weighted by atomic mass is 16.3. The second kappa shape index (κ2) is 4.72. The van der Waals surface area contributed by atoms with Gasteiger partial charge in [-0.2, -0.15) is 0 Å². The van der Waals surface area contributed by atoms with Crippen LogP contribution in [-0.4, -0.2) is 22.4 Å². The fraction of sp³-hybridized carbons (Fsp3) is 0.400. The van der Waals surface area contributed by atoms with Crippen LogP contribution in [0.1, 0.15) is 17.7 Å². The molecular weight excluding hydrogens is 164 g/mol. The first kappa shape index (κ1) is 9.86. The molecule has 0 atom stereocenters. The molecule has 1 aromatic heterocycles. The molecule has 13 heavy (non-hydrogen) atoms. The molecular formula is C10H14N2O. The summed E-state index contributed by atoms with van der Waals surface area (Å²) < 4.78 is 0. The van der Waals surface area contributed by atoms with E-state index in [2.05, 4.69) is 4.98 Å². The van der Waals surface area contributed by atoms with Crippen LogP contribution in [0.15, 0.2) is 18.3 Å². The molecule has 0 saturated carbocycles. The number of aliphatic hydroxyl groups excluding tert-OH is 1. The number of hydrogen-bond acceptors (Lipinski definition) is 3. The summed E-state index contributed by atoms with van der Waals surface area (Å²) in [6, 6.07) is 3.89. The van der Waals surface area contributed by atoms with Crippen LogP contribution >= 0.6 is 0 Å². The maximum absolute atomic E-state index is 8.61. The van der Waals surface area contributed by atoms with Gasteiger partial charge in [-0.3, -0.25) is 4.98 Å². The van der Waals surface area contributed by atoms with E-state index in [4.69, 9.17) is 10.5 Å². The molecule has 0 aliphatic rings. The van der Waals surface area contributed by atoms with Gasteiger partial charge in [0.05, 0.1) is 0 Å². The quantitative estimate of drug-likeness (QED) is 0.683. The van der Waals surface area contributed by atoms with Gasteiger partial charge < -0.3 is 10.5 Å². The third-order valence-electron chi connectivity index (χ3n) is 1.78. The first-order valence-corrected chi connectivity index (χ1v) is 4.31. The number of pyridine rings is 1. The molecule has 70 valence electrons. The minimum atomic E-state index is 0.0463. The largest absolute Gasteiger partial charge is 0.396 e.